The topological polar surface area (TPSA) is 74.3 Å². The number of carbonyl (C=O) groups excluding carboxylic acids is 1. The lowest BCUT2D eigenvalue weighted by atomic mass is 10.1. The zero-order valence-electron chi connectivity index (χ0n) is 12.8. The fourth-order valence-electron chi connectivity index (χ4n) is 2.45. The van der Waals surface area contributed by atoms with Crippen molar-refractivity contribution in [3.8, 4) is 5.75 Å². The number of pyridine rings is 1. The lowest BCUT2D eigenvalue weighted by Crippen LogP contribution is -2.22. The Morgan fingerprint density at radius 1 is 1.17 bits per heavy atom. The number of ether oxygens (including phenoxy) is 1. The summed E-state index contributed by atoms with van der Waals surface area (Å²) in [5.74, 6) is -0.472. The Bertz CT molecular complexity index is 891. The van der Waals surface area contributed by atoms with Crippen molar-refractivity contribution >= 4 is 28.2 Å². The van der Waals surface area contributed by atoms with E-state index >= 15 is 0 Å². The van der Waals surface area contributed by atoms with Gasteiger partial charge in [-0.3, -0.25) is 4.98 Å². The summed E-state index contributed by atoms with van der Waals surface area (Å²) in [4.78, 5) is 15.5. The number of carboxylic acid groups (broad SMARTS) is 1. The van der Waals surface area contributed by atoms with Crippen LogP contribution in [0.1, 0.15) is 16.1 Å². The molecule has 116 valence electrons. The fourth-order valence-corrected chi connectivity index (χ4v) is 2.45. The van der Waals surface area contributed by atoms with Gasteiger partial charge in [0.1, 0.15) is 5.75 Å². The van der Waals surface area contributed by atoms with E-state index in [4.69, 9.17) is 4.74 Å². The number of nitrogens with zero attached hydrogens (tertiary/aromatic N) is 1. The average Bonchev–Trinajstić information content (AvgIpc) is 2.54. The van der Waals surface area contributed by atoms with E-state index in [2.05, 4.69) is 10.3 Å². The molecule has 5 heteroatoms. The molecular weight excluding hydrogens is 292 g/mol. The van der Waals surface area contributed by atoms with E-state index in [1.807, 2.05) is 31.2 Å². The van der Waals surface area contributed by atoms with Gasteiger partial charge in [-0.1, -0.05) is 12.1 Å². The Kier molecular flexibility index (Phi) is 3.85. The number of methoxy groups -OCH3 is 1. The second kappa shape index (κ2) is 5.96. The van der Waals surface area contributed by atoms with Crippen molar-refractivity contribution in [3.05, 3.63) is 59.8 Å². The van der Waals surface area contributed by atoms with Crippen LogP contribution in [0.15, 0.2) is 48.5 Å². The van der Waals surface area contributed by atoms with Gasteiger partial charge in [-0.05, 0) is 48.9 Å². The Hall–Kier alpha value is -3.08. The first-order valence-corrected chi connectivity index (χ1v) is 7.10. The molecule has 0 aliphatic rings. The number of hydrogen-bond acceptors (Lipinski definition) is 5. The molecule has 0 radical (unpaired) electrons. The normalized spacial score (nSPS) is 10.5. The third-order valence-corrected chi connectivity index (χ3v) is 3.52. The molecular formula is C18H15N2O3-. The van der Waals surface area contributed by atoms with Crippen LogP contribution in [0.4, 0.5) is 11.4 Å². The minimum absolute atomic E-state index is 0.127. The highest BCUT2D eigenvalue weighted by atomic mass is 16.5. The van der Waals surface area contributed by atoms with Crippen molar-refractivity contribution in [2.75, 3.05) is 12.4 Å². The minimum Gasteiger partial charge on any atom is -0.545 e. The van der Waals surface area contributed by atoms with E-state index in [0.717, 1.165) is 28.0 Å². The van der Waals surface area contributed by atoms with Crippen LogP contribution in [0.25, 0.3) is 10.9 Å². The van der Waals surface area contributed by atoms with Gasteiger partial charge in [-0.15, -0.1) is 0 Å². The summed E-state index contributed by atoms with van der Waals surface area (Å²) < 4.78 is 5.27. The van der Waals surface area contributed by atoms with E-state index in [1.54, 1.807) is 19.2 Å². The smallest absolute Gasteiger partial charge is 0.119 e. The monoisotopic (exact) mass is 307 g/mol. The molecule has 0 aliphatic heterocycles. The Morgan fingerprint density at radius 2 is 2.00 bits per heavy atom. The Labute approximate surface area is 133 Å². The number of aromatic carboxylic acids is 1. The first kappa shape index (κ1) is 14.8. The lowest BCUT2D eigenvalue weighted by molar-refractivity contribution is -0.255. The molecule has 0 atom stereocenters. The van der Waals surface area contributed by atoms with Gasteiger partial charge in [0.25, 0.3) is 0 Å². The molecule has 3 rings (SSSR count). The summed E-state index contributed by atoms with van der Waals surface area (Å²) in [5, 5.41) is 15.1. The molecule has 0 saturated carbocycles. The maximum atomic E-state index is 11.0. The largest absolute Gasteiger partial charge is 0.545 e. The molecule has 5 nitrogen and oxygen atoms in total. The number of aromatic nitrogens is 1. The number of carboxylic acids is 1. The summed E-state index contributed by atoms with van der Waals surface area (Å²) in [6.45, 7) is 1.91. The highest BCUT2D eigenvalue weighted by Gasteiger charge is 2.07. The number of aryl methyl sites for hydroxylation is 1. The fraction of sp³-hybridized carbons (Fsp3) is 0.111. The molecule has 1 aromatic heterocycles. The summed E-state index contributed by atoms with van der Waals surface area (Å²) in [6.07, 6.45) is 0. The number of fused-ring (bicyclic) bond motifs is 1. The van der Waals surface area contributed by atoms with Crippen LogP contribution in [-0.4, -0.2) is 18.1 Å². The summed E-state index contributed by atoms with van der Waals surface area (Å²) >= 11 is 0. The number of rotatable bonds is 4. The number of nitrogens with one attached hydrogen (secondary N) is 1. The van der Waals surface area contributed by atoms with Crippen LogP contribution >= 0.6 is 0 Å². The summed E-state index contributed by atoms with van der Waals surface area (Å²) in [7, 11) is 1.61. The number of benzene rings is 2. The van der Waals surface area contributed by atoms with E-state index < -0.39 is 5.97 Å². The highest BCUT2D eigenvalue weighted by Crippen LogP contribution is 2.29. The van der Waals surface area contributed by atoms with Crippen LogP contribution in [0.3, 0.4) is 0 Å². The first-order chi connectivity index (χ1) is 11.1. The van der Waals surface area contributed by atoms with Crippen LogP contribution in [0.2, 0.25) is 0 Å². The number of anilines is 2. The van der Waals surface area contributed by atoms with Crippen LogP contribution in [-0.2, 0) is 0 Å². The SMILES string of the molecule is COc1ccc2nc(C)cc(Nc3cccc(C(=O)[O-])c3)c2c1. The third-order valence-electron chi connectivity index (χ3n) is 3.52. The lowest BCUT2D eigenvalue weighted by Gasteiger charge is -2.13. The molecule has 0 bridgehead atoms. The molecule has 2 aromatic carbocycles. The minimum atomic E-state index is -1.20. The van der Waals surface area contributed by atoms with Crippen LogP contribution < -0.4 is 15.2 Å². The van der Waals surface area contributed by atoms with Gasteiger partial charge < -0.3 is 20.0 Å². The van der Waals surface area contributed by atoms with Crippen LogP contribution in [0, 0.1) is 6.92 Å². The first-order valence-electron chi connectivity index (χ1n) is 7.10. The molecule has 1 heterocycles. The van der Waals surface area contributed by atoms with Gasteiger partial charge >= 0.3 is 0 Å². The molecule has 0 amide bonds. The van der Waals surface area contributed by atoms with E-state index in [-0.39, 0.29) is 5.56 Å². The number of carbonyl (C=O) groups is 1. The quantitative estimate of drug-likeness (QED) is 0.802. The van der Waals surface area contributed by atoms with E-state index in [9.17, 15) is 9.90 Å². The van der Waals surface area contributed by atoms with Gasteiger partial charge in [0.05, 0.1) is 18.6 Å². The van der Waals surface area contributed by atoms with Crippen molar-refractivity contribution in [2.45, 2.75) is 6.92 Å². The summed E-state index contributed by atoms with van der Waals surface area (Å²) in [5.41, 5.74) is 3.33. The predicted molar refractivity (Wildman–Crippen MR) is 87.1 cm³/mol. The molecule has 1 N–H and O–H groups in total. The molecule has 0 fully saturated rings. The zero-order chi connectivity index (χ0) is 16.4. The maximum Gasteiger partial charge on any atom is 0.119 e. The molecule has 3 aromatic rings. The molecule has 0 spiro atoms. The van der Waals surface area contributed by atoms with Crippen molar-refractivity contribution in [2.24, 2.45) is 0 Å². The van der Waals surface area contributed by atoms with Crippen LogP contribution in [0.5, 0.6) is 5.75 Å². The van der Waals surface area contributed by atoms with Gasteiger partial charge in [-0.25, -0.2) is 0 Å². The van der Waals surface area contributed by atoms with Gasteiger partial charge in [-0.2, -0.15) is 0 Å². The Morgan fingerprint density at radius 3 is 2.74 bits per heavy atom. The van der Waals surface area contributed by atoms with E-state index in [0.29, 0.717) is 5.69 Å². The van der Waals surface area contributed by atoms with Crippen molar-refractivity contribution in [1.82, 2.24) is 4.98 Å². The predicted octanol–water partition coefficient (Wildman–Crippen LogP) is 2.66. The molecule has 23 heavy (non-hydrogen) atoms. The third kappa shape index (κ3) is 3.08. The van der Waals surface area contributed by atoms with Crippen molar-refractivity contribution in [1.29, 1.82) is 0 Å². The van der Waals surface area contributed by atoms with Gasteiger partial charge in [0, 0.05) is 22.5 Å². The average molecular weight is 307 g/mol. The van der Waals surface area contributed by atoms with Crippen molar-refractivity contribution in [3.63, 3.8) is 0 Å². The van der Waals surface area contributed by atoms with Gasteiger partial charge in [0.2, 0.25) is 0 Å². The zero-order valence-corrected chi connectivity index (χ0v) is 12.8. The standard InChI is InChI=1S/C18H16N2O3/c1-11-8-17(15-10-14(23-2)6-7-16(15)19-11)20-13-5-3-4-12(9-13)18(21)22/h3-10H,1-2H3,(H,19,20)(H,21,22)/p-1. The number of hydrogen-bond donors (Lipinski definition) is 1. The van der Waals surface area contributed by atoms with Gasteiger partial charge in [0.15, 0.2) is 0 Å². The van der Waals surface area contributed by atoms with Crippen molar-refractivity contribution < 1.29 is 14.6 Å². The Balaban J connectivity index is 2.08. The second-order valence-electron chi connectivity index (χ2n) is 5.19. The second-order valence-corrected chi connectivity index (χ2v) is 5.19. The van der Waals surface area contributed by atoms with E-state index in [1.165, 1.54) is 12.1 Å². The molecule has 0 aliphatic carbocycles. The maximum absolute atomic E-state index is 11.0. The molecule has 0 saturated heterocycles. The highest BCUT2D eigenvalue weighted by molar-refractivity contribution is 5.95. The summed E-state index contributed by atoms with van der Waals surface area (Å²) in [6, 6.07) is 14.1. The molecule has 0 unspecified atom stereocenters.